The number of aliphatic carboxylic acids is 1. The normalized spacial score (nSPS) is 14.4. The van der Waals surface area contributed by atoms with Gasteiger partial charge in [-0.25, -0.2) is 9.97 Å². The summed E-state index contributed by atoms with van der Waals surface area (Å²) in [5.41, 5.74) is 7.88. The van der Waals surface area contributed by atoms with Crippen LogP contribution < -0.4 is 0 Å². The smallest absolute Gasteiger partial charge is 0.303 e. The summed E-state index contributed by atoms with van der Waals surface area (Å²) in [4.78, 5) is 19.8. The molecule has 0 radical (unpaired) electrons. The summed E-state index contributed by atoms with van der Waals surface area (Å²) in [5.74, 6) is 0.153. The van der Waals surface area contributed by atoms with Crippen molar-refractivity contribution in [1.29, 1.82) is 0 Å². The molecule has 1 aliphatic carbocycles. The van der Waals surface area contributed by atoms with Crippen LogP contribution in [0.3, 0.4) is 0 Å². The number of rotatable bonds is 7. The highest BCUT2D eigenvalue weighted by Crippen LogP contribution is 2.33. The van der Waals surface area contributed by atoms with E-state index in [4.69, 9.17) is 5.11 Å². The van der Waals surface area contributed by atoms with Crippen LogP contribution in [0.1, 0.15) is 66.6 Å². The summed E-state index contributed by atoms with van der Waals surface area (Å²) in [6, 6.07) is 6.16. The summed E-state index contributed by atoms with van der Waals surface area (Å²) in [6.45, 7) is 4.27. The van der Waals surface area contributed by atoms with Crippen LogP contribution in [0.4, 0.5) is 0 Å². The topological polar surface area (TPSA) is 63.1 Å². The van der Waals surface area contributed by atoms with Gasteiger partial charge in [-0.05, 0) is 92.7 Å². The first-order valence-electron chi connectivity index (χ1n) is 9.84. The Balaban J connectivity index is 1.76. The van der Waals surface area contributed by atoms with E-state index in [0.29, 0.717) is 6.42 Å². The van der Waals surface area contributed by atoms with Gasteiger partial charge >= 0.3 is 5.97 Å². The van der Waals surface area contributed by atoms with Crippen LogP contribution >= 0.6 is 0 Å². The molecule has 0 saturated heterocycles. The van der Waals surface area contributed by atoms with E-state index in [1.807, 2.05) is 18.5 Å². The molecule has 0 spiro atoms. The van der Waals surface area contributed by atoms with Crippen molar-refractivity contribution in [1.82, 2.24) is 9.97 Å². The molecule has 1 aliphatic rings. The summed E-state index contributed by atoms with van der Waals surface area (Å²) in [6.07, 6.45) is 11.2. The molecular formula is C23H28N2O2. The fraction of sp³-hybridized carbons (Fsp3) is 0.435. The van der Waals surface area contributed by atoms with Gasteiger partial charge in [0.15, 0.2) is 5.82 Å². The van der Waals surface area contributed by atoms with Crippen molar-refractivity contribution in [3.05, 3.63) is 64.2 Å². The Hall–Kier alpha value is -2.49. The first kappa shape index (κ1) is 19.3. The van der Waals surface area contributed by atoms with Gasteiger partial charge in [0.05, 0.1) is 0 Å². The minimum atomic E-state index is -0.740. The van der Waals surface area contributed by atoms with Crippen molar-refractivity contribution in [2.45, 2.75) is 65.2 Å². The Bertz CT molecular complexity index is 841. The molecule has 27 heavy (non-hydrogen) atoms. The molecule has 1 aromatic carbocycles. The van der Waals surface area contributed by atoms with Gasteiger partial charge in [-0.15, -0.1) is 0 Å². The van der Waals surface area contributed by atoms with Crippen LogP contribution in [0.5, 0.6) is 0 Å². The van der Waals surface area contributed by atoms with E-state index in [9.17, 15) is 4.79 Å². The predicted octanol–water partition coefficient (Wildman–Crippen LogP) is 5.07. The maximum atomic E-state index is 10.8. The van der Waals surface area contributed by atoms with Crippen LogP contribution in [0.25, 0.3) is 5.57 Å². The average molecular weight is 364 g/mol. The zero-order valence-corrected chi connectivity index (χ0v) is 16.3. The van der Waals surface area contributed by atoms with Crippen molar-refractivity contribution < 1.29 is 9.90 Å². The van der Waals surface area contributed by atoms with Crippen LogP contribution in [0.2, 0.25) is 0 Å². The highest BCUT2D eigenvalue weighted by Gasteiger charge is 2.17. The molecule has 0 fully saturated rings. The Kier molecular flexibility index (Phi) is 6.38. The van der Waals surface area contributed by atoms with Crippen molar-refractivity contribution in [3.63, 3.8) is 0 Å². The summed E-state index contributed by atoms with van der Waals surface area (Å²) >= 11 is 0. The maximum absolute atomic E-state index is 10.8. The van der Waals surface area contributed by atoms with Crippen LogP contribution in [0.15, 0.2) is 36.2 Å². The molecule has 2 aromatic rings. The lowest BCUT2D eigenvalue weighted by Gasteiger charge is -2.20. The Morgan fingerprint density at radius 2 is 1.59 bits per heavy atom. The largest absolute Gasteiger partial charge is 0.481 e. The van der Waals surface area contributed by atoms with E-state index in [0.717, 1.165) is 37.1 Å². The highest BCUT2D eigenvalue weighted by atomic mass is 16.4. The third kappa shape index (κ3) is 4.82. The Morgan fingerprint density at radius 1 is 0.963 bits per heavy atom. The van der Waals surface area contributed by atoms with Gasteiger partial charge in [-0.2, -0.15) is 0 Å². The second kappa shape index (κ2) is 8.94. The van der Waals surface area contributed by atoms with E-state index in [1.54, 1.807) is 0 Å². The lowest BCUT2D eigenvalue weighted by Crippen LogP contribution is -2.05. The zero-order valence-electron chi connectivity index (χ0n) is 16.3. The van der Waals surface area contributed by atoms with Gasteiger partial charge < -0.3 is 5.11 Å². The molecule has 0 bridgehead atoms. The lowest BCUT2D eigenvalue weighted by atomic mass is 9.86. The molecule has 4 heteroatoms. The Labute approximate surface area is 161 Å². The molecular weight excluding hydrogens is 336 g/mol. The SMILES string of the molecule is Cc1c(CCC(=O)O)ccc(CCC2=C(c3ncccn3)CCCC2)c1C. The average Bonchev–Trinajstić information content (AvgIpc) is 2.69. The van der Waals surface area contributed by atoms with Gasteiger partial charge in [-0.3, -0.25) is 4.79 Å². The second-order valence-electron chi connectivity index (χ2n) is 7.39. The van der Waals surface area contributed by atoms with E-state index in [-0.39, 0.29) is 6.42 Å². The number of allylic oxidation sites excluding steroid dienone is 2. The van der Waals surface area contributed by atoms with Gasteiger partial charge in [0.25, 0.3) is 0 Å². The van der Waals surface area contributed by atoms with E-state index in [2.05, 4.69) is 35.9 Å². The molecule has 0 amide bonds. The molecule has 3 rings (SSSR count). The molecule has 0 saturated carbocycles. The molecule has 0 aliphatic heterocycles. The number of nitrogens with zero attached hydrogens (tertiary/aromatic N) is 2. The minimum Gasteiger partial charge on any atom is -0.481 e. The first-order valence-corrected chi connectivity index (χ1v) is 9.84. The van der Waals surface area contributed by atoms with Crippen LogP contribution in [-0.4, -0.2) is 21.0 Å². The molecule has 1 N–H and O–H groups in total. The molecule has 4 nitrogen and oxygen atoms in total. The van der Waals surface area contributed by atoms with E-state index >= 15 is 0 Å². The van der Waals surface area contributed by atoms with Gasteiger partial charge in [0, 0.05) is 18.8 Å². The van der Waals surface area contributed by atoms with Crippen molar-refractivity contribution in [2.24, 2.45) is 0 Å². The van der Waals surface area contributed by atoms with Gasteiger partial charge in [0.1, 0.15) is 0 Å². The van der Waals surface area contributed by atoms with Crippen molar-refractivity contribution >= 4 is 11.5 Å². The lowest BCUT2D eigenvalue weighted by molar-refractivity contribution is -0.136. The standard InChI is InChI=1S/C23H28N2O2/c1-16-17(2)19(12-13-22(26)27)9-8-18(16)10-11-20-6-3-4-7-21(20)23-24-14-5-15-25-23/h5,8-9,14-15H,3-4,6-7,10-13H2,1-2H3,(H,26,27). The zero-order chi connectivity index (χ0) is 19.2. The second-order valence-corrected chi connectivity index (χ2v) is 7.39. The number of benzene rings is 1. The number of aromatic nitrogens is 2. The summed E-state index contributed by atoms with van der Waals surface area (Å²) in [7, 11) is 0. The molecule has 0 unspecified atom stereocenters. The molecule has 0 atom stereocenters. The Morgan fingerprint density at radius 3 is 2.26 bits per heavy atom. The number of hydrogen-bond acceptors (Lipinski definition) is 3. The first-order chi connectivity index (χ1) is 13.1. The third-order valence-electron chi connectivity index (χ3n) is 5.73. The molecule has 1 aromatic heterocycles. The quantitative estimate of drug-likeness (QED) is 0.745. The van der Waals surface area contributed by atoms with Crippen LogP contribution in [-0.2, 0) is 17.6 Å². The fourth-order valence-corrected chi connectivity index (χ4v) is 3.97. The minimum absolute atomic E-state index is 0.187. The van der Waals surface area contributed by atoms with E-state index < -0.39 is 5.97 Å². The maximum Gasteiger partial charge on any atom is 0.303 e. The molecule has 142 valence electrons. The highest BCUT2D eigenvalue weighted by molar-refractivity contribution is 5.67. The van der Waals surface area contributed by atoms with E-state index in [1.165, 1.54) is 40.7 Å². The van der Waals surface area contributed by atoms with Gasteiger partial charge in [0.2, 0.25) is 0 Å². The number of hydrogen-bond donors (Lipinski definition) is 1. The van der Waals surface area contributed by atoms with Gasteiger partial charge in [-0.1, -0.05) is 17.7 Å². The number of carboxylic acid groups (broad SMARTS) is 1. The molecule has 1 heterocycles. The fourth-order valence-electron chi connectivity index (χ4n) is 3.97. The number of aryl methyl sites for hydroxylation is 2. The third-order valence-corrected chi connectivity index (χ3v) is 5.73. The summed E-state index contributed by atoms with van der Waals surface area (Å²) in [5, 5.41) is 8.92. The monoisotopic (exact) mass is 364 g/mol. The number of carbonyl (C=O) groups is 1. The predicted molar refractivity (Wildman–Crippen MR) is 108 cm³/mol. The number of carboxylic acids is 1. The summed E-state index contributed by atoms with van der Waals surface area (Å²) < 4.78 is 0. The van der Waals surface area contributed by atoms with Crippen molar-refractivity contribution in [2.75, 3.05) is 0 Å². The van der Waals surface area contributed by atoms with Crippen molar-refractivity contribution in [3.8, 4) is 0 Å². The van der Waals surface area contributed by atoms with Crippen LogP contribution in [0, 0.1) is 13.8 Å².